The van der Waals surface area contributed by atoms with Crippen molar-refractivity contribution >= 4 is 27.3 Å². The van der Waals surface area contributed by atoms with Gasteiger partial charge in [0.15, 0.2) is 9.84 Å². The van der Waals surface area contributed by atoms with Gasteiger partial charge >= 0.3 is 0 Å². The third-order valence-electron chi connectivity index (χ3n) is 3.56. The van der Waals surface area contributed by atoms with E-state index in [2.05, 4.69) is 5.32 Å². The first-order valence-corrected chi connectivity index (χ1v) is 9.43. The summed E-state index contributed by atoms with van der Waals surface area (Å²) >= 11 is 5.94. The summed E-state index contributed by atoms with van der Waals surface area (Å²) in [4.78, 5) is 12.7. The number of carbonyl (C=O) groups is 1. The van der Waals surface area contributed by atoms with E-state index in [-0.39, 0.29) is 16.8 Å². The molecule has 24 heavy (non-hydrogen) atoms. The zero-order chi connectivity index (χ0) is 17.9. The fraction of sp³-hybridized carbons (Fsp3) is 0.235. The molecule has 0 aliphatic carbocycles. The maximum Gasteiger partial charge on any atom is 0.255 e. The van der Waals surface area contributed by atoms with Crippen LogP contribution in [0.1, 0.15) is 28.9 Å². The lowest BCUT2D eigenvalue weighted by Crippen LogP contribution is -2.27. The summed E-state index contributed by atoms with van der Waals surface area (Å²) in [6.45, 7) is 1.81. The standard InChI is InChI=1S/C17H18ClNO4S/c1-11(12-4-7-14(8-5-12)24(3,21)22)19-17(20)15-10-13(18)6-9-16(15)23-2/h4-11H,1-3H3,(H,19,20). The van der Waals surface area contributed by atoms with Crippen LogP contribution in [0.2, 0.25) is 5.02 Å². The Morgan fingerprint density at radius 3 is 2.33 bits per heavy atom. The number of halogens is 1. The van der Waals surface area contributed by atoms with Gasteiger partial charge in [-0.15, -0.1) is 0 Å². The lowest BCUT2D eigenvalue weighted by molar-refractivity contribution is 0.0937. The van der Waals surface area contributed by atoms with Crippen molar-refractivity contribution in [1.29, 1.82) is 0 Å². The number of benzene rings is 2. The molecule has 5 nitrogen and oxygen atoms in total. The summed E-state index contributed by atoms with van der Waals surface area (Å²) in [6, 6.07) is 10.9. The predicted octanol–water partition coefficient (Wildman–Crippen LogP) is 3.24. The molecule has 0 saturated heterocycles. The second-order valence-corrected chi connectivity index (χ2v) is 7.83. The Kier molecular flexibility index (Phi) is 5.51. The topological polar surface area (TPSA) is 72.5 Å². The van der Waals surface area contributed by atoms with E-state index in [0.29, 0.717) is 16.3 Å². The fourth-order valence-corrected chi connectivity index (χ4v) is 3.02. The van der Waals surface area contributed by atoms with Crippen molar-refractivity contribution in [2.45, 2.75) is 17.9 Å². The molecule has 7 heteroatoms. The molecule has 128 valence electrons. The highest BCUT2D eigenvalue weighted by Crippen LogP contribution is 2.24. The first kappa shape index (κ1) is 18.3. The monoisotopic (exact) mass is 367 g/mol. The molecular formula is C17H18ClNO4S. The van der Waals surface area contributed by atoms with Crippen molar-refractivity contribution in [3.63, 3.8) is 0 Å². The summed E-state index contributed by atoms with van der Waals surface area (Å²) in [5.74, 6) is 0.102. The molecule has 2 rings (SSSR count). The Morgan fingerprint density at radius 2 is 1.79 bits per heavy atom. The number of hydrogen-bond acceptors (Lipinski definition) is 4. The van der Waals surface area contributed by atoms with Gasteiger partial charge in [0.2, 0.25) is 0 Å². The van der Waals surface area contributed by atoms with Crippen LogP contribution < -0.4 is 10.1 Å². The van der Waals surface area contributed by atoms with E-state index >= 15 is 0 Å². The highest BCUT2D eigenvalue weighted by Gasteiger charge is 2.16. The Bertz CT molecular complexity index is 847. The van der Waals surface area contributed by atoms with Gasteiger partial charge in [-0.3, -0.25) is 4.79 Å². The van der Waals surface area contributed by atoms with Gasteiger partial charge in [-0.1, -0.05) is 23.7 Å². The summed E-state index contributed by atoms with van der Waals surface area (Å²) < 4.78 is 28.1. The largest absolute Gasteiger partial charge is 0.496 e. The Labute approximate surface area is 146 Å². The maximum absolute atomic E-state index is 12.4. The van der Waals surface area contributed by atoms with Crippen LogP contribution in [0.25, 0.3) is 0 Å². The van der Waals surface area contributed by atoms with Gasteiger partial charge in [0.05, 0.1) is 23.6 Å². The zero-order valence-corrected chi connectivity index (χ0v) is 15.1. The van der Waals surface area contributed by atoms with Gasteiger partial charge in [0.1, 0.15) is 5.75 Å². The molecule has 1 unspecified atom stereocenters. The molecule has 0 radical (unpaired) electrons. The number of methoxy groups -OCH3 is 1. The van der Waals surface area contributed by atoms with Crippen molar-refractivity contribution in [3.05, 3.63) is 58.6 Å². The third kappa shape index (κ3) is 4.27. The molecule has 1 N–H and O–H groups in total. The van der Waals surface area contributed by atoms with Gasteiger partial charge in [0.25, 0.3) is 5.91 Å². The average molecular weight is 368 g/mol. The maximum atomic E-state index is 12.4. The number of nitrogens with one attached hydrogen (secondary N) is 1. The van der Waals surface area contributed by atoms with Crippen LogP contribution in [0.15, 0.2) is 47.4 Å². The van der Waals surface area contributed by atoms with E-state index in [1.54, 1.807) is 24.3 Å². The van der Waals surface area contributed by atoms with E-state index < -0.39 is 9.84 Å². The highest BCUT2D eigenvalue weighted by atomic mass is 35.5. The third-order valence-corrected chi connectivity index (χ3v) is 4.93. The molecule has 0 spiro atoms. The summed E-state index contributed by atoms with van der Waals surface area (Å²) in [5, 5.41) is 3.28. The molecule has 0 bridgehead atoms. The minimum Gasteiger partial charge on any atom is -0.496 e. The van der Waals surface area contributed by atoms with Crippen LogP contribution in [-0.4, -0.2) is 27.7 Å². The molecule has 2 aromatic rings. The van der Waals surface area contributed by atoms with Crippen LogP contribution in [-0.2, 0) is 9.84 Å². The lowest BCUT2D eigenvalue weighted by Gasteiger charge is -2.16. The number of amides is 1. The van der Waals surface area contributed by atoms with Gasteiger partial charge < -0.3 is 10.1 Å². The second kappa shape index (κ2) is 7.23. The van der Waals surface area contributed by atoms with Crippen molar-refractivity contribution in [2.75, 3.05) is 13.4 Å². The number of carbonyl (C=O) groups excluding carboxylic acids is 1. The molecular weight excluding hydrogens is 350 g/mol. The van der Waals surface area contributed by atoms with E-state index in [1.807, 2.05) is 6.92 Å². The Morgan fingerprint density at radius 1 is 1.17 bits per heavy atom. The van der Waals surface area contributed by atoms with Crippen molar-refractivity contribution in [3.8, 4) is 5.75 Å². The molecule has 2 aromatic carbocycles. The average Bonchev–Trinajstić information content (AvgIpc) is 2.54. The van der Waals surface area contributed by atoms with E-state index in [4.69, 9.17) is 16.3 Å². The molecule has 1 amide bonds. The number of rotatable bonds is 5. The first-order valence-electron chi connectivity index (χ1n) is 7.17. The molecule has 0 aliphatic rings. The zero-order valence-electron chi connectivity index (χ0n) is 13.5. The molecule has 0 saturated carbocycles. The molecule has 1 atom stereocenters. The van der Waals surface area contributed by atoms with Crippen molar-refractivity contribution in [2.24, 2.45) is 0 Å². The SMILES string of the molecule is COc1ccc(Cl)cc1C(=O)NC(C)c1ccc(S(C)(=O)=O)cc1. The minimum absolute atomic E-state index is 0.237. The molecule has 0 aromatic heterocycles. The Hall–Kier alpha value is -2.05. The predicted molar refractivity (Wildman–Crippen MR) is 93.4 cm³/mol. The van der Waals surface area contributed by atoms with Crippen molar-refractivity contribution in [1.82, 2.24) is 5.32 Å². The molecule has 0 heterocycles. The van der Waals surface area contributed by atoms with Gasteiger partial charge in [-0.05, 0) is 42.8 Å². The number of ether oxygens (including phenoxy) is 1. The van der Waals surface area contributed by atoms with Crippen LogP contribution in [0, 0.1) is 0 Å². The quantitative estimate of drug-likeness (QED) is 0.880. The van der Waals surface area contributed by atoms with Crippen molar-refractivity contribution < 1.29 is 17.9 Å². The summed E-state index contributed by atoms with van der Waals surface area (Å²) in [6.07, 6.45) is 1.15. The Balaban J connectivity index is 2.19. The minimum atomic E-state index is -3.24. The first-order chi connectivity index (χ1) is 11.2. The van der Waals surface area contributed by atoms with E-state index in [1.165, 1.54) is 25.3 Å². The van der Waals surface area contributed by atoms with Gasteiger partial charge in [-0.25, -0.2) is 8.42 Å². The van der Waals surface area contributed by atoms with Crippen LogP contribution >= 0.6 is 11.6 Å². The highest BCUT2D eigenvalue weighted by molar-refractivity contribution is 7.90. The fourth-order valence-electron chi connectivity index (χ4n) is 2.22. The lowest BCUT2D eigenvalue weighted by atomic mass is 10.1. The molecule has 0 aliphatic heterocycles. The van der Waals surface area contributed by atoms with Crippen LogP contribution in [0.4, 0.5) is 0 Å². The summed E-state index contributed by atoms with van der Waals surface area (Å²) in [5.41, 5.74) is 1.13. The van der Waals surface area contributed by atoms with Gasteiger partial charge in [-0.2, -0.15) is 0 Å². The summed E-state index contributed by atoms with van der Waals surface area (Å²) in [7, 11) is -1.76. The van der Waals surface area contributed by atoms with Crippen LogP contribution in [0.3, 0.4) is 0 Å². The second-order valence-electron chi connectivity index (χ2n) is 5.38. The van der Waals surface area contributed by atoms with Gasteiger partial charge in [0, 0.05) is 11.3 Å². The van der Waals surface area contributed by atoms with Crippen LogP contribution in [0.5, 0.6) is 5.75 Å². The normalized spacial score (nSPS) is 12.5. The molecule has 0 fully saturated rings. The number of hydrogen-bond donors (Lipinski definition) is 1. The van der Waals surface area contributed by atoms with E-state index in [0.717, 1.165) is 11.8 Å². The van der Waals surface area contributed by atoms with E-state index in [9.17, 15) is 13.2 Å². The number of sulfone groups is 1. The smallest absolute Gasteiger partial charge is 0.255 e.